The highest BCUT2D eigenvalue weighted by Gasteiger charge is 2.24. The van der Waals surface area contributed by atoms with E-state index in [2.05, 4.69) is 5.32 Å². The van der Waals surface area contributed by atoms with Gasteiger partial charge in [0.05, 0.1) is 13.2 Å². The SMILES string of the molecule is COCc1cccc(C(=O)NC(C(=O)O)c2ccc3c(c2)CCO3)c1. The van der Waals surface area contributed by atoms with Crippen LogP contribution < -0.4 is 10.1 Å². The topological polar surface area (TPSA) is 84.9 Å². The minimum atomic E-state index is -1.12. The number of carbonyl (C=O) groups excluding carboxylic acids is 1. The Hall–Kier alpha value is -2.86. The molecule has 6 nitrogen and oxygen atoms in total. The summed E-state index contributed by atoms with van der Waals surface area (Å²) < 4.78 is 10.5. The third-order valence-corrected chi connectivity index (χ3v) is 4.07. The van der Waals surface area contributed by atoms with Crippen LogP contribution in [-0.4, -0.2) is 30.7 Å². The van der Waals surface area contributed by atoms with Crippen LogP contribution in [0.4, 0.5) is 0 Å². The molecule has 0 saturated carbocycles. The van der Waals surface area contributed by atoms with Gasteiger partial charge in [-0.25, -0.2) is 4.79 Å². The summed E-state index contributed by atoms with van der Waals surface area (Å²) in [5, 5.41) is 12.1. The number of carboxylic acid groups (broad SMARTS) is 1. The van der Waals surface area contributed by atoms with Gasteiger partial charge in [-0.2, -0.15) is 0 Å². The predicted octanol–water partition coefficient (Wildman–Crippen LogP) is 2.32. The standard InChI is InChI=1S/C19H19NO5/c1-24-11-12-3-2-4-15(9-12)18(21)20-17(19(22)23)14-5-6-16-13(10-14)7-8-25-16/h2-6,9-10,17H,7-8,11H2,1H3,(H,20,21)(H,22,23). The maximum Gasteiger partial charge on any atom is 0.330 e. The fourth-order valence-electron chi connectivity index (χ4n) is 2.86. The van der Waals surface area contributed by atoms with Gasteiger partial charge in [0.25, 0.3) is 5.91 Å². The molecule has 2 N–H and O–H groups in total. The summed E-state index contributed by atoms with van der Waals surface area (Å²) in [6.07, 6.45) is 0.739. The molecule has 1 unspecified atom stereocenters. The van der Waals surface area contributed by atoms with Crippen LogP contribution in [0.5, 0.6) is 5.75 Å². The van der Waals surface area contributed by atoms with Gasteiger partial charge in [0, 0.05) is 19.1 Å². The van der Waals surface area contributed by atoms with Gasteiger partial charge in [-0.05, 0) is 41.0 Å². The molecule has 1 amide bonds. The number of aliphatic carboxylic acids is 1. The maximum atomic E-state index is 12.5. The number of hydrogen-bond donors (Lipinski definition) is 2. The third kappa shape index (κ3) is 3.80. The lowest BCUT2D eigenvalue weighted by molar-refractivity contribution is -0.139. The molecule has 1 heterocycles. The molecule has 0 aliphatic carbocycles. The molecule has 0 aromatic heterocycles. The average Bonchev–Trinajstić information content (AvgIpc) is 3.07. The zero-order chi connectivity index (χ0) is 17.8. The van der Waals surface area contributed by atoms with Crippen LogP contribution in [0.2, 0.25) is 0 Å². The lowest BCUT2D eigenvalue weighted by atomic mass is 10.0. The molecule has 0 fully saturated rings. The first-order valence-corrected chi connectivity index (χ1v) is 7.95. The summed E-state index contributed by atoms with van der Waals surface area (Å²) in [5.41, 5.74) is 2.72. The van der Waals surface area contributed by atoms with Crippen molar-refractivity contribution in [1.82, 2.24) is 5.32 Å². The van der Waals surface area contributed by atoms with Gasteiger partial charge in [0.15, 0.2) is 6.04 Å². The van der Waals surface area contributed by atoms with Crippen LogP contribution in [0.25, 0.3) is 0 Å². The van der Waals surface area contributed by atoms with Gasteiger partial charge >= 0.3 is 5.97 Å². The largest absolute Gasteiger partial charge is 0.493 e. The number of hydrogen-bond acceptors (Lipinski definition) is 4. The molecule has 6 heteroatoms. The average molecular weight is 341 g/mol. The number of nitrogens with one attached hydrogen (secondary N) is 1. The molecule has 0 bridgehead atoms. The van der Waals surface area contributed by atoms with E-state index in [1.807, 2.05) is 6.07 Å². The molecule has 0 saturated heterocycles. The normalized spacial score (nSPS) is 13.6. The van der Waals surface area contributed by atoms with Crippen LogP contribution >= 0.6 is 0 Å². The summed E-state index contributed by atoms with van der Waals surface area (Å²) in [4.78, 5) is 24.2. The van der Waals surface area contributed by atoms with Crippen molar-refractivity contribution in [3.05, 3.63) is 64.7 Å². The van der Waals surface area contributed by atoms with E-state index in [-0.39, 0.29) is 0 Å². The van der Waals surface area contributed by atoms with Crippen molar-refractivity contribution in [3.63, 3.8) is 0 Å². The number of amides is 1. The number of methoxy groups -OCH3 is 1. The molecular weight excluding hydrogens is 322 g/mol. The van der Waals surface area contributed by atoms with E-state index in [0.29, 0.717) is 24.3 Å². The number of rotatable bonds is 6. The van der Waals surface area contributed by atoms with Crippen LogP contribution in [0.15, 0.2) is 42.5 Å². The van der Waals surface area contributed by atoms with Gasteiger partial charge in [-0.3, -0.25) is 4.79 Å². The summed E-state index contributed by atoms with van der Waals surface area (Å²) >= 11 is 0. The Morgan fingerprint density at radius 1 is 1.28 bits per heavy atom. The van der Waals surface area contributed by atoms with Gasteiger partial charge in [-0.1, -0.05) is 18.2 Å². The number of carbonyl (C=O) groups is 2. The second-order valence-electron chi connectivity index (χ2n) is 5.84. The third-order valence-electron chi connectivity index (χ3n) is 4.07. The lowest BCUT2D eigenvalue weighted by Gasteiger charge is -2.16. The number of benzene rings is 2. The van der Waals surface area contributed by atoms with Gasteiger partial charge < -0.3 is 19.9 Å². The maximum absolute atomic E-state index is 12.5. The molecular formula is C19H19NO5. The van der Waals surface area contributed by atoms with Crippen molar-refractivity contribution in [1.29, 1.82) is 0 Å². The molecule has 2 aromatic rings. The zero-order valence-electron chi connectivity index (χ0n) is 13.8. The lowest BCUT2D eigenvalue weighted by Crippen LogP contribution is -2.33. The first kappa shape index (κ1) is 17.0. The van der Waals surface area contributed by atoms with Crippen LogP contribution in [-0.2, 0) is 22.6 Å². The van der Waals surface area contributed by atoms with Crippen molar-refractivity contribution in [2.45, 2.75) is 19.1 Å². The Morgan fingerprint density at radius 2 is 2.12 bits per heavy atom. The first-order chi connectivity index (χ1) is 12.1. The van der Waals surface area contributed by atoms with Crippen molar-refractivity contribution in [2.24, 2.45) is 0 Å². The predicted molar refractivity (Wildman–Crippen MR) is 90.6 cm³/mol. The number of carboxylic acids is 1. The Kier molecular flexibility index (Phi) is 5.00. The summed E-state index contributed by atoms with van der Waals surface area (Å²) in [6, 6.07) is 11.0. The molecule has 1 aliphatic heterocycles. The molecule has 1 atom stereocenters. The van der Waals surface area contributed by atoms with Gasteiger partial charge in [0.2, 0.25) is 0 Å². The van der Waals surface area contributed by atoms with Gasteiger partial charge in [0.1, 0.15) is 5.75 Å². The smallest absolute Gasteiger partial charge is 0.330 e. The monoisotopic (exact) mass is 341 g/mol. The highest BCUT2D eigenvalue weighted by Crippen LogP contribution is 2.28. The minimum Gasteiger partial charge on any atom is -0.493 e. The quantitative estimate of drug-likeness (QED) is 0.842. The molecule has 0 radical (unpaired) electrons. The van der Waals surface area contributed by atoms with Crippen LogP contribution in [0.3, 0.4) is 0 Å². The van der Waals surface area contributed by atoms with E-state index in [4.69, 9.17) is 9.47 Å². The molecule has 3 rings (SSSR count). The van der Waals surface area contributed by atoms with E-state index in [0.717, 1.165) is 23.3 Å². The summed E-state index contributed by atoms with van der Waals surface area (Å²) in [6.45, 7) is 0.976. The Bertz CT molecular complexity index is 802. The second kappa shape index (κ2) is 7.36. The highest BCUT2D eigenvalue weighted by atomic mass is 16.5. The van der Waals surface area contributed by atoms with E-state index < -0.39 is 17.9 Å². The van der Waals surface area contributed by atoms with E-state index in [1.165, 1.54) is 0 Å². The van der Waals surface area contributed by atoms with Crippen molar-refractivity contribution >= 4 is 11.9 Å². The first-order valence-electron chi connectivity index (χ1n) is 7.95. The van der Waals surface area contributed by atoms with Crippen LogP contribution in [0.1, 0.15) is 33.1 Å². The van der Waals surface area contributed by atoms with E-state index in [9.17, 15) is 14.7 Å². The molecule has 2 aromatic carbocycles. The highest BCUT2D eigenvalue weighted by molar-refractivity contribution is 5.97. The van der Waals surface area contributed by atoms with E-state index >= 15 is 0 Å². The summed E-state index contributed by atoms with van der Waals surface area (Å²) in [7, 11) is 1.57. The Labute approximate surface area is 145 Å². The minimum absolute atomic E-state index is 0.383. The fraction of sp³-hybridized carbons (Fsp3) is 0.263. The van der Waals surface area contributed by atoms with Gasteiger partial charge in [-0.15, -0.1) is 0 Å². The second-order valence-corrected chi connectivity index (χ2v) is 5.84. The molecule has 25 heavy (non-hydrogen) atoms. The Morgan fingerprint density at radius 3 is 2.88 bits per heavy atom. The molecule has 1 aliphatic rings. The van der Waals surface area contributed by atoms with Crippen molar-refractivity contribution in [2.75, 3.05) is 13.7 Å². The molecule has 130 valence electrons. The van der Waals surface area contributed by atoms with Crippen molar-refractivity contribution in [3.8, 4) is 5.75 Å². The van der Waals surface area contributed by atoms with E-state index in [1.54, 1.807) is 43.5 Å². The number of ether oxygens (including phenoxy) is 2. The number of fused-ring (bicyclic) bond motifs is 1. The van der Waals surface area contributed by atoms with Crippen molar-refractivity contribution < 1.29 is 24.2 Å². The Balaban J connectivity index is 1.81. The van der Waals surface area contributed by atoms with Crippen LogP contribution in [0, 0.1) is 0 Å². The molecule has 0 spiro atoms. The zero-order valence-corrected chi connectivity index (χ0v) is 13.8. The fourth-order valence-corrected chi connectivity index (χ4v) is 2.86. The summed E-state index contributed by atoms with van der Waals surface area (Å²) in [5.74, 6) is -0.783.